The molecule has 1 unspecified atom stereocenters. The van der Waals surface area contributed by atoms with Gasteiger partial charge in [-0.15, -0.1) is 0 Å². The van der Waals surface area contributed by atoms with E-state index in [9.17, 15) is 9.59 Å². The molecule has 0 radical (unpaired) electrons. The van der Waals surface area contributed by atoms with Crippen LogP contribution in [0.25, 0.3) is 0 Å². The summed E-state index contributed by atoms with van der Waals surface area (Å²) in [7, 11) is 1.27. The van der Waals surface area contributed by atoms with Crippen molar-refractivity contribution in [2.24, 2.45) is 5.73 Å². The molecule has 0 bridgehead atoms. The van der Waals surface area contributed by atoms with E-state index in [1.807, 2.05) is 30.3 Å². The van der Waals surface area contributed by atoms with Gasteiger partial charge in [0.15, 0.2) is 0 Å². The van der Waals surface area contributed by atoms with Crippen LogP contribution in [0.2, 0.25) is 0 Å². The smallest absolute Gasteiger partial charge is 0.328 e. The summed E-state index contributed by atoms with van der Waals surface area (Å²) in [5, 5.41) is 2.51. The van der Waals surface area contributed by atoms with Crippen molar-refractivity contribution in [2.45, 2.75) is 25.4 Å². The first-order valence-electron chi connectivity index (χ1n) is 5.72. The monoisotopic (exact) mass is 250 g/mol. The van der Waals surface area contributed by atoms with Crippen molar-refractivity contribution in [3.63, 3.8) is 0 Å². The third-order valence-corrected chi connectivity index (χ3v) is 2.55. The molecule has 0 heterocycles. The van der Waals surface area contributed by atoms with Gasteiger partial charge < -0.3 is 15.8 Å². The van der Waals surface area contributed by atoms with Gasteiger partial charge in [-0.05, 0) is 18.9 Å². The number of carbonyl (C=O) groups is 2. The fourth-order valence-electron chi connectivity index (χ4n) is 1.52. The number of carbonyl (C=O) groups excluding carboxylic acids is 2. The lowest BCUT2D eigenvalue weighted by Crippen LogP contribution is -2.48. The quantitative estimate of drug-likeness (QED) is 0.733. The van der Waals surface area contributed by atoms with E-state index in [1.54, 1.807) is 6.92 Å². The first-order valence-corrected chi connectivity index (χ1v) is 5.72. The Morgan fingerprint density at radius 2 is 1.94 bits per heavy atom. The number of esters is 1. The van der Waals surface area contributed by atoms with Crippen molar-refractivity contribution in [3.8, 4) is 0 Å². The standard InChI is InChI=1S/C13H18N2O3/c1-9(13(17)18-2)15-12(16)11(14)8-10-6-4-3-5-7-10/h3-7,9,11H,8,14H2,1-2H3,(H,15,16)/t9?,11-/m0/s1. The Bertz CT molecular complexity index is 406. The highest BCUT2D eigenvalue weighted by Gasteiger charge is 2.20. The van der Waals surface area contributed by atoms with Crippen LogP contribution < -0.4 is 11.1 Å². The molecular weight excluding hydrogens is 232 g/mol. The van der Waals surface area contributed by atoms with Crippen LogP contribution in [0.3, 0.4) is 0 Å². The molecule has 1 rings (SSSR count). The molecule has 0 aliphatic carbocycles. The molecule has 1 aromatic rings. The molecule has 0 saturated heterocycles. The molecule has 0 aliphatic heterocycles. The topological polar surface area (TPSA) is 81.4 Å². The van der Waals surface area contributed by atoms with E-state index in [0.717, 1.165) is 5.56 Å². The molecule has 0 spiro atoms. The van der Waals surface area contributed by atoms with E-state index < -0.39 is 18.1 Å². The van der Waals surface area contributed by atoms with Gasteiger partial charge >= 0.3 is 5.97 Å². The normalized spacial score (nSPS) is 13.5. The van der Waals surface area contributed by atoms with Gasteiger partial charge in [-0.3, -0.25) is 4.79 Å². The van der Waals surface area contributed by atoms with E-state index in [4.69, 9.17) is 5.73 Å². The highest BCUT2D eigenvalue weighted by Crippen LogP contribution is 2.02. The molecule has 0 aromatic heterocycles. The predicted molar refractivity (Wildman–Crippen MR) is 67.7 cm³/mol. The van der Waals surface area contributed by atoms with Gasteiger partial charge in [0.25, 0.3) is 0 Å². The van der Waals surface area contributed by atoms with Crippen LogP contribution in [-0.2, 0) is 20.7 Å². The average molecular weight is 250 g/mol. The number of benzene rings is 1. The van der Waals surface area contributed by atoms with E-state index in [2.05, 4.69) is 10.1 Å². The number of rotatable bonds is 5. The minimum Gasteiger partial charge on any atom is -0.467 e. The lowest BCUT2D eigenvalue weighted by molar-refractivity contribution is -0.144. The van der Waals surface area contributed by atoms with Crippen molar-refractivity contribution in [1.29, 1.82) is 0 Å². The molecular formula is C13H18N2O3. The Kier molecular flexibility index (Phi) is 5.32. The van der Waals surface area contributed by atoms with Crippen LogP contribution in [0, 0.1) is 0 Å². The molecule has 1 aromatic carbocycles. The summed E-state index contributed by atoms with van der Waals surface area (Å²) < 4.78 is 4.52. The Labute approximate surface area is 106 Å². The number of hydrogen-bond donors (Lipinski definition) is 2. The third-order valence-electron chi connectivity index (χ3n) is 2.55. The first kappa shape index (κ1) is 14.2. The lowest BCUT2D eigenvalue weighted by Gasteiger charge is -2.15. The largest absolute Gasteiger partial charge is 0.467 e. The summed E-state index contributed by atoms with van der Waals surface area (Å²) in [5.41, 5.74) is 6.75. The summed E-state index contributed by atoms with van der Waals surface area (Å²) in [6.07, 6.45) is 0.431. The molecule has 3 N–H and O–H groups in total. The summed E-state index contributed by atoms with van der Waals surface area (Å²) in [6.45, 7) is 1.55. The van der Waals surface area contributed by atoms with Gasteiger partial charge in [0.05, 0.1) is 13.2 Å². The fourth-order valence-corrected chi connectivity index (χ4v) is 1.52. The second-order valence-corrected chi connectivity index (χ2v) is 4.05. The van der Waals surface area contributed by atoms with Crippen molar-refractivity contribution in [2.75, 3.05) is 7.11 Å². The van der Waals surface area contributed by atoms with Crippen LogP contribution >= 0.6 is 0 Å². The van der Waals surface area contributed by atoms with Gasteiger partial charge in [0.2, 0.25) is 5.91 Å². The third kappa shape index (κ3) is 4.18. The van der Waals surface area contributed by atoms with Crippen LogP contribution in [0.1, 0.15) is 12.5 Å². The fraction of sp³-hybridized carbons (Fsp3) is 0.385. The molecule has 5 heteroatoms. The molecule has 1 amide bonds. The van der Waals surface area contributed by atoms with Gasteiger partial charge in [-0.25, -0.2) is 4.79 Å². The number of nitrogens with one attached hydrogen (secondary N) is 1. The van der Waals surface area contributed by atoms with Crippen LogP contribution in [0.5, 0.6) is 0 Å². The maximum atomic E-state index is 11.7. The van der Waals surface area contributed by atoms with Crippen molar-refractivity contribution in [1.82, 2.24) is 5.32 Å². The number of ether oxygens (including phenoxy) is 1. The second kappa shape index (κ2) is 6.76. The van der Waals surface area contributed by atoms with Crippen molar-refractivity contribution < 1.29 is 14.3 Å². The molecule has 2 atom stereocenters. The molecule has 5 nitrogen and oxygen atoms in total. The van der Waals surface area contributed by atoms with Crippen LogP contribution in [0.15, 0.2) is 30.3 Å². The zero-order valence-corrected chi connectivity index (χ0v) is 10.6. The minimum atomic E-state index is -0.690. The van der Waals surface area contributed by atoms with Crippen LogP contribution in [-0.4, -0.2) is 31.1 Å². The summed E-state index contributed by atoms with van der Waals surface area (Å²) in [4.78, 5) is 22.9. The van der Waals surface area contributed by atoms with Crippen molar-refractivity contribution in [3.05, 3.63) is 35.9 Å². The molecule has 0 saturated carbocycles. The van der Waals surface area contributed by atoms with Crippen LogP contribution in [0.4, 0.5) is 0 Å². The summed E-state index contributed by atoms with van der Waals surface area (Å²) >= 11 is 0. The second-order valence-electron chi connectivity index (χ2n) is 4.05. The number of amides is 1. The SMILES string of the molecule is COC(=O)C(C)NC(=O)[C@@H](N)Cc1ccccc1. The van der Waals surface area contributed by atoms with Gasteiger partial charge in [-0.1, -0.05) is 30.3 Å². The maximum absolute atomic E-state index is 11.7. The summed E-state index contributed by atoms with van der Waals surface area (Å²) in [6, 6.07) is 8.10. The Morgan fingerprint density at radius 3 is 2.50 bits per heavy atom. The first-order chi connectivity index (χ1) is 8.54. The number of hydrogen-bond acceptors (Lipinski definition) is 4. The van der Waals surface area contributed by atoms with Gasteiger partial charge in [-0.2, -0.15) is 0 Å². The van der Waals surface area contributed by atoms with E-state index in [1.165, 1.54) is 7.11 Å². The Balaban J connectivity index is 2.49. The van der Waals surface area contributed by atoms with E-state index >= 15 is 0 Å². The van der Waals surface area contributed by atoms with Gasteiger partial charge in [0.1, 0.15) is 6.04 Å². The Hall–Kier alpha value is -1.88. The summed E-state index contributed by atoms with van der Waals surface area (Å²) in [5.74, 6) is -0.855. The highest BCUT2D eigenvalue weighted by molar-refractivity contribution is 5.87. The van der Waals surface area contributed by atoms with Gasteiger partial charge in [0, 0.05) is 0 Å². The Morgan fingerprint density at radius 1 is 1.33 bits per heavy atom. The molecule has 98 valence electrons. The maximum Gasteiger partial charge on any atom is 0.328 e. The van der Waals surface area contributed by atoms with Crippen molar-refractivity contribution >= 4 is 11.9 Å². The molecule has 18 heavy (non-hydrogen) atoms. The molecule has 0 fully saturated rings. The number of nitrogens with two attached hydrogens (primary N) is 1. The molecule has 0 aliphatic rings. The average Bonchev–Trinajstić information content (AvgIpc) is 2.38. The zero-order chi connectivity index (χ0) is 13.5. The predicted octanol–water partition coefficient (Wildman–Crippen LogP) is 0.234. The highest BCUT2D eigenvalue weighted by atomic mass is 16.5. The lowest BCUT2D eigenvalue weighted by atomic mass is 10.1. The van der Waals surface area contributed by atoms with E-state index in [-0.39, 0.29) is 5.91 Å². The number of methoxy groups -OCH3 is 1. The minimum absolute atomic E-state index is 0.364. The zero-order valence-electron chi connectivity index (χ0n) is 10.6. The van der Waals surface area contributed by atoms with E-state index in [0.29, 0.717) is 6.42 Å².